The summed E-state index contributed by atoms with van der Waals surface area (Å²) in [7, 11) is 1.93. The quantitative estimate of drug-likeness (QED) is 0.258. The van der Waals surface area contributed by atoms with Gasteiger partial charge in [0, 0.05) is 6.04 Å². The third-order valence-electron chi connectivity index (χ3n) is 3.50. The first-order chi connectivity index (χ1) is 5.29. The standard InChI is InChI=1S/C8H10BNO/c9-10-7-5-2-1-4(3-5)6(7)8(10)11/h1-2,4-7H,3,9H2. The number of β-lactam (4-membered cyclic amide) rings is 1. The highest BCUT2D eigenvalue weighted by Crippen LogP contribution is 2.51. The average Bonchev–Trinajstić information content (AvgIpc) is 2.58. The number of carbonyl (C=O) groups excluding carboxylic acids is 1. The number of amides is 1. The molecule has 1 heterocycles. The fraction of sp³-hybridized carbons (Fsp3) is 0.625. The van der Waals surface area contributed by atoms with Crippen LogP contribution in [0.2, 0.25) is 0 Å². The van der Waals surface area contributed by atoms with E-state index in [9.17, 15) is 4.79 Å². The van der Waals surface area contributed by atoms with Gasteiger partial charge in [-0.05, 0) is 18.3 Å². The van der Waals surface area contributed by atoms with E-state index in [4.69, 9.17) is 0 Å². The fourth-order valence-electron chi connectivity index (χ4n) is 2.95. The van der Waals surface area contributed by atoms with Crippen LogP contribution in [0.15, 0.2) is 12.2 Å². The van der Waals surface area contributed by atoms with Gasteiger partial charge in [-0.15, -0.1) is 0 Å². The van der Waals surface area contributed by atoms with Gasteiger partial charge >= 0.3 is 0 Å². The maximum Gasteiger partial charge on any atom is 0.221 e. The Kier molecular flexibility index (Phi) is 0.824. The smallest absolute Gasteiger partial charge is 0.221 e. The lowest BCUT2D eigenvalue weighted by atomic mass is 9.77. The van der Waals surface area contributed by atoms with Crippen LogP contribution in [0.4, 0.5) is 0 Å². The molecule has 3 rings (SSSR count). The predicted octanol–water partition coefficient (Wildman–Crippen LogP) is -0.433. The third-order valence-corrected chi connectivity index (χ3v) is 3.50. The summed E-state index contributed by atoms with van der Waals surface area (Å²) in [6.45, 7) is 0. The number of hydrogen-bond donors (Lipinski definition) is 0. The van der Waals surface area contributed by atoms with E-state index >= 15 is 0 Å². The molecule has 4 atom stereocenters. The molecule has 3 heteroatoms. The number of nitrogens with zero attached hydrogens (tertiary/aromatic N) is 1. The lowest BCUT2D eigenvalue weighted by Gasteiger charge is -2.46. The predicted molar refractivity (Wildman–Crippen MR) is 43.4 cm³/mol. The van der Waals surface area contributed by atoms with Crippen molar-refractivity contribution >= 4 is 13.9 Å². The summed E-state index contributed by atoms with van der Waals surface area (Å²) in [5.41, 5.74) is 0. The van der Waals surface area contributed by atoms with Crippen LogP contribution < -0.4 is 0 Å². The van der Waals surface area contributed by atoms with E-state index in [1.165, 1.54) is 6.42 Å². The molecule has 0 spiro atoms. The zero-order valence-corrected chi connectivity index (χ0v) is 6.53. The van der Waals surface area contributed by atoms with E-state index in [0.29, 0.717) is 29.7 Å². The molecule has 2 bridgehead atoms. The minimum Gasteiger partial charge on any atom is -0.389 e. The first-order valence-electron chi connectivity index (χ1n) is 4.24. The van der Waals surface area contributed by atoms with Gasteiger partial charge in [0.2, 0.25) is 13.9 Å². The maximum atomic E-state index is 11.3. The fourth-order valence-corrected chi connectivity index (χ4v) is 2.95. The SMILES string of the molecule is BN1C(=O)C2C3C=CC(C3)C21. The second kappa shape index (κ2) is 1.54. The lowest BCUT2D eigenvalue weighted by molar-refractivity contribution is -0.147. The van der Waals surface area contributed by atoms with Crippen molar-refractivity contribution in [3.05, 3.63) is 12.2 Å². The van der Waals surface area contributed by atoms with Crippen LogP contribution in [0.3, 0.4) is 0 Å². The van der Waals surface area contributed by atoms with Gasteiger partial charge in [0.15, 0.2) is 0 Å². The first kappa shape index (κ1) is 5.87. The average molecular weight is 147 g/mol. The molecule has 0 aromatic heterocycles. The van der Waals surface area contributed by atoms with Crippen LogP contribution in [0, 0.1) is 17.8 Å². The molecular weight excluding hydrogens is 137 g/mol. The van der Waals surface area contributed by atoms with Gasteiger partial charge in [0.25, 0.3) is 0 Å². The van der Waals surface area contributed by atoms with Crippen LogP contribution in [-0.4, -0.2) is 24.7 Å². The molecule has 1 aliphatic heterocycles. The van der Waals surface area contributed by atoms with Gasteiger partial charge in [0.1, 0.15) is 0 Å². The number of allylic oxidation sites excluding steroid dienone is 1. The van der Waals surface area contributed by atoms with E-state index in [-0.39, 0.29) is 0 Å². The largest absolute Gasteiger partial charge is 0.389 e. The molecule has 1 amide bonds. The van der Waals surface area contributed by atoms with Crippen LogP contribution in [0.25, 0.3) is 0 Å². The van der Waals surface area contributed by atoms with Crippen molar-refractivity contribution in [2.24, 2.45) is 17.8 Å². The number of rotatable bonds is 0. The Labute approximate surface area is 66.7 Å². The Morgan fingerprint density at radius 1 is 1.45 bits per heavy atom. The zero-order chi connectivity index (χ0) is 7.59. The molecule has 1 saturated carbocycles. The van der Waals surface area contributed by atoms with Crippen LogP contribution >= 0.6 is 0 Å². The van der Waals surface area contributed by atoms with Gasteiger partial charge in [-0.2, -0.15) is 0 Å². The summed E-state index contributed by atoms with van der Waals surface area (Å²) in [6, 6.07) is 0.567. The highest BCUT2D eigenvalue weighted by atomic mass is 16.2. The van der Waals surface area contributed by atoms with Crippen molar-refractivity contribution in [2.45, 2.75) is 12.5 Å². The van der Waals surface area contributed by atoms with E-state index in [2.05, 4.69) is 12.2 Å². The van der Waals surface area contributed by atoms with Crippen molar-refractivity contribution in [1.82, 2.24) is 4.81 Å². The van der Waals surface area contributed by atoms with Gasteiger partial charge in [-0.25, -0.2) is 0 Å². The molecule has 0 aromatic rings. The Bertz CT molecular complexity index is 263. The summed E-state index contributed by atoms with van der Waals surface area (Å²) in [5.74, 6) is 2.02. The molecular formula is C8H10BNO. The highest BCUT2D eigenvalue weighted by molar-refractivity contribution is 6.18. The van der Waals surface area contributed by atoms with E-state index in [1.54, 1.807) is 0 Å². The molecule has 0 N–H and O–H groups in total. The monoisotopic (exact) mass is 147 g/mol. The minimum absolute atomic E-state index is 0.367. The number of carbonyl (C=O) groups is 1. The van der Waals surface area contributed by atoms with Crippen molar-refractivity contribution in [3.63, 3.8) is 0 Å². The second-order valence-corrected chi connectivity index (χ2v) is 3.91. The molecule has 0 radical (unpaired) electrons. The maximum absolute atomic E-state index is 11.3. The Hall–Kier alpha value is -0.725. The van der Waals surface area contributed by atoms with Gasteiger partial charge in [-0.3, -0.25) is 4.79 Å². The lowest BCUT2D eigenvalue weighted by Crippen LogP contribution is -2.61. The summed E-state index contributed by atoms with van der Waals surface area (Å²) < 4.78 is 0. The molecule has 56 valence electrons. The Morgan fingerprint density at radius 3 is 2.91 bits per heavy atom. The van der Waals surface area contributed by atoms with Crippen molar-refractivity contribution in [1.29, 1.82) is 0 Å². The van der Waals surface area contributed by atoms with Gasteiger partial charge in [0.05, 0.1) is 5.92 Å². The molecule has 0 aromatic carbocycles. The topological polar surface area (TPSA) is 20.3 Å². The Balaban J connectivity index is 2.01. The summed E-state index contributed by atoms with van der Waals surface area (Å²) >= 11 is 0. The van der Waals surface area contributed by atoms with Crippen LogP contribution in [0.5, 0.6) is 0 Å². The zero-order valence-electron chi connectivity index (χ0n) is 6.53. The summed E-state index contributed by atoms with van der Waals surface area (Å²) in [6.07, 6.45) is 5.75. The van der Waals surface area contributed by atoms with E-state index in [0.717, 1.165) is 0 Å². The first-order valence-corrected chi connectivity index (χ1v) is 4.24. The van der Waals surface area contributed by atoms with Gasteiger partial charge < -0.3 is 4.81 Å². The van der Waals surface area contributed by atoms with E-state index < -0.39 is 0 Å². The number of hydrogen-bond acceptors (Lipinski definition) is 1. The molecule has 2 fully saturated rings. The summed E-state index contributed by atoms with van der Waals surface area (Å²) in [4.78, 5) is 13.2. The Morgan fingerprint density at radius 2 is 2.18 bits per heavy atom. The van der Waals surface area contributed by atoms with Crippen molar-refractivity contribution in [3.8, 4) is 0 Å². The van der Waals surface area contributed by atoms with Gasteiger partial charge in [-0.1, -0.05) is 12.2 Å². The van der Waals surface area contributed by atoms with E-state index in [1.807, 2.05) is 12.8 Å². The molecule has 4 unspecified atom stereocenters. The second-order valence-electron chi connectivity index (χ2n) is 3.91. The molecule has 2 nitrogen and oxygen atoms in total. The molecule has 11 heavy (non-hydrogen) atoms. The highest BCUT2D eigenvalue weighted by Gasteiger charge is 2.57. The minimum atomic E-state index is 0.367. The third kappa shape index (κ3) is 0.471. The molecule has 1 saturated heterocycles. The molecule has 3 aliphatic rings. The van der Waals surface area contributed by atoms with Crippen LogP contribution in [0.1, 0.15) is 6.42 Å². The number of fused-ring (bicyclic) bond motifs is 5. The van der Waals surface area contributed by atoms with Crippen molar-refractivity contribution < 1.29 is 4.79 Å². The normalized spacial score (nSPS) is 51.3. The molecule has 2 aliphatic carbocycles. The van der Waals surface area contributed by atoms with Crippen molar-refractivity contribution in [2.75, 3.05) is 0 Å². The van der Waals surface area contributed by atoms with Crippen LogP contribution in [-0.2, 0) is 4.79 Å². The summed E-state index contributed by atoms with van der Waals surface area (Å²) in [5, 5.41) is 0.